The lowest BCUT2D eigenvalue weighted by molar-refractivity contribution is 0.456. The summed E-state index contributed by atoms with van der Waals surface area (Å²) in [6.45, 7) is 0. The summed E-state index contributed by atoms with van der Waals surface area (Å²) < 4.78 is 18.6. The van der Waals surface area contributed by atoms with Crippen LogP contribution >= 0.6 is 7.66 Å². The Morgan fingerprint density at radius 2 is 1.37 bits per heavy atom. The molecule has 1 heterocycles. The van der Waals surface area contributed by atoms with Gasteiger partial charge in [0.1, 0.15) is 0 Å². The number of rotatable bonds is 2. The molecule has 0 fully saturated rings. The normalized spacial score (nSPS) is 15.5. The molecule has 5 heteroatoms. The molecular formula is C14H15N2O2P. The Morgan fingerprint density at radius 3 is 1.89 bits per heavy atom. The largest absolute Gasteiger partial charge is 0.415 e. The lowest BCUT2D eigenvalue weighted by Crippen LogP contribution is -2.13. The first-order chi connectivity index (χ1) is 9.20. The van der Waals surface area contributed by atoms with E-state index < -0.39 is 7.66 Å². The molecule has 1 aliphatic rings. The maximum atomic E-state index is 6.01. The molecule has 0 atom stereocenters. The molecule has 0 unspecified atom stereocenters. The highest BCUT2D eigenvalue weighted by Gasteiger charge is 2.36. The molecule has 0 aromatic heterocycles. The van der Waals surface area contributed by atoms with Gasteiger partial charge in [-0.3, -0.25) is 0 Å². The maximum absolute atomic E-state index is 6.01. The molecule has 19 heavy (non-hydrogen) atoms. The van der Waals surface area contributed by atoms with Crippen LogP contribution in [0.2, 0.25) is 0 Å². The highest BCUT2D eigenvalue weighted by Crippen LogP contribution is 2.62. The zero-order valence-corrected chi connectivity index (χ0v) is 11.7. The Bertz CT molecular complexity index is 612. The third kappa shape index (κ3) is 2.25. The summed E-state index contributed by atoms with van der Waals surface area (Å²) in [4.78, 5) is 0. The van der Waals surface area contributed by atoms with Gasteiger partial charge in [-0.15, -0.1) is 0 Å². The van der Waals surface area contributed by atoms with Crippen molar-refractivity contribution in [1.29, 1.82) is 0 Å². The summed E-state index contributed by atoms with van der Waals surface area (Å²) >= 11 is 0. The van der Waals surface area contributed by atoms with Crippen LogP contribution in [0.25, 0.3) is 0 Å². The van der Waals surface area contributed by atoms with Crippen LogP contribution in [0.15, 0.2) is 59.3 Å². The van der Waals surface area contributed by atoms with Gasteiger partial charge in [0.05, 0.1) is 5.69 Å². The van der Waals surface area contributed by atoms with Gasteiger partial charge < -0.3 is 9.05 Å². The molecule has 98 valence electrons. The summed E-state index contributed by atoms with van der Waals surface area (Å²) in [6, 6.07) is 17.4. The Balaban J connectivity index is 2.07. The van der Waals surface area contributed by atoms with Crippen LogP contribution in [0.4, 0.5) is 5.69 Å². The summed E-state index contributed by atoms with van der Waals surface area (Å²) in [5, 5.41) is 0. The Morgan fingerprint density at radius 1 is 0.842 bits per heavy atom. The standard InChI is InChI=1S/C14H15N2O2P/c1-16(2)19(15-12-8-4-3-5-9-12)17-13-10-6-7-11-14(13)18-19/h3-11H,1-2H3. The Kier molecular flexibility index (Phi) is 3.05. The average Bonchev–Trinajstić information content (AvgIpc) is 2.79. The number of hydrogen-bond acceptors (Lipinski definition) is 3. The molecule has 0 spiro atoms. The lowest BCUT2D eigenvalue weighted by atomic mass is 10.3. The molecular weight excluding hydrogens is 259 g/mol. The minimum absolute atomic E-state index is 0.754. The van der Waals surface area contributed by atoms with E-state index in [1.165, 1.54) is 0 Å². The number of benzene rings is 2. The van der Waals surface area contributed by atoms with Gasteiger partial charge in [-0.05, 0) is 38.4 Å². The van der Waals surface area contributed by atoms with Crippen molar-refractivity contribution in [2.45, 2.75) is 0 Å². The maximum Gasteiger partial charge on any atom is 0.402 e. The zero-order chi connectivity index (χ0) is 13.3. The van der Waals surface area contributed by atoms with Gasteiger partial charge >= 0.3 is 7.66 Å². The van der Waals surface area contributed by atoms with E-state index in [1.807, 2.05) is 73.4 Å². The third-order valence-electron chi connectivity index (χ3n) is 2.79. The third-order valence-corrected chi connectivity index (χ3v) is 5.15. The van der Waals surface area contributed by atoms with E-state index in [4.69, 9.17) is 13.8 Å². The van der Waals surface area contributed by atoms with Gasteiger partial charge in [-0.2, -0.15) is 4.74 Å². The second-order valence-corrected chi connectivity index (χ2v) is 6.75. The van der Waals surface area contributed by atoms with E-state index in [0.717, 1.165) is 17.2 Å². The van der Waals surface area contributed by atoms with Crippen molar-refractivity contribution in [3.63, 3.8) is 0 Å². The van der Waals surface area contributed by atoms with Crippen molar-refractivity contribution in [3.8, 4) is 11.5 Å². The average molecular weight is 274 g/mol. The molecule has 0 aliphatic carbocycles. The van der Waals surface area contributed by atoms with Crippen LogP contribution in [0.1, 0.15) is 0 Å². The number of nitrogens with zero attached hydrogens (tertiary/aromatic N) is 2. The fraction of sp³-hybridized carbons (Fsp3) is 0.143. The predicted octanol–water partition coefficient (Wildman–Crippen LogP) is 4.30. The van der Waals surface area contributed by atoms with Crippen molar-refractivity contribution in [1.82, 2.24) is 4.67 Å². The topological polar surface area (TPSA) is 34.1 Å². The van der Waals surface area contributed by atoms with Crippen molar-refractivity contribution in [3.05, 3.63) is 54.6 Å². The lowest BCUT2D eigenvalue weighted by Gasteiger charge is -2.22. The van der Waals surface area contributed by atoms with Crippen LogP contribution in [0.3, 0.4) is 0 Å². The van der Waals surface area contributed by atoms with Crippen LogP contribution in [0.5, 0.6) is 11.5 Å². The summed E-state index contributed by atoms with van der Waals surface area (Å²) in [7, 11) is 1.38. The highest BCUT2D eigenvalue weighted by molar-refractivity contribution is 7.55. The van der Waals surface area contributed by atoms with E-state index in [1.54, 1.807) is 0 Å². The molecule has 0 bridgehead atoms. The molecule has 1 aliphatic heterocycles. The number of hydrogen-bond donors (Lipinski definition) is 0. The minimum Gasteiger partial charge on any atom is -0.415 e. The summed E-state index contributed by atoms with van der Waals surface area (Å²) in [5.74, 6) is 1.51. The van der Waals surface area contributed by atoms with Crippen molar-refractivity contribution >= 4 is 13.3 Å². The van der Waals surface area contributed by atoms with Gasteiger partial charge in [0.25, 0.3) is 0 Å². The molecule has 0 saturated carbocycles. The SMILES string of the molecule is CN(C)P1(=Nc2ccccc2)Oc2ccccc2O1. The van der Waals surface area contributed by atoms with Crippen molar-refractivity contribution in [2.24, 2.45) is 4.74 Å². The van der Waals surface area contributed by atoms with E-state index in [2.05, 4.69) is 0 Å². The van der Waals surface area contributed by atoms with E-state index in [0.29, 0.717) is 0 Å². The molecule has 2 aromatic rings. The fourth-order valence-electron chi connectivity index (χ4n) is 1.81. The molecule has 0 amide bonds. The first-order valence-corrected chi connectivity index (χ1v) is 7.56. The van der Waals surface area contributed by atoms with Gasteiger partial charge in [-0.25, -0.2) is 4.67 Å². The van der Waals surface area contributed by atoms with Crippen LogP contribution < -0.4 is 9.05 Å². The molecule has 0 saturated heterocycles. The minimum atomic E-state index is -2.46. The smallest absolute Gasteiger partial charge is 0.402 e. The zero-order valence-electron chi connectivity index (χ0n) is 10.9. The van der Waals surface area contributed by atoms with Crippen LogP contribution in [0, 0.1) is 0 Å². The van der Waals surface area contributed by atoms with Gasteiger partial charge in [0, 0.05) is 0 Å². The molecule has 3 rings (SSSR count). The van der Waals surface area contributed by atoms with Crippen LogP contribution in [-0.4, -0.2) is 18.8 Å². The van der Waals surface area contributed by atoms with Crippen LogP contribution in [-0.2, 0) is 0 Å². The first-order valence-electron chi connectivity index (χ1n) is 6.03. The number of para-hydroxylation sites is 2. The molecule has 2 aromatic carbocycles. The van der Waals surface area contributed by atoms with Gasteiger partial charge in [0.15, 0.2) is 11.5 Å². The van der Waals surface area contributed by atoms with Gasteiger partial charge in [0.2, 0.25) is 0 Å². The number of fused-ring (bicyclic) bond motifs is 1. The van der Waals surface area contributed by atoms with Crippen molar-refractivity contribution < 1.29 is 9.05 Å². The Labute approximate surface area is 112 Å². The second-order valence-electron chi connectivity index (χ2n) is 4.40. The van der Waals surface area contributed by atoms with E-state index >= 15 is 0 Å². The molecule has 0 radical (unpaired) electrons. The molecule has 4 nitrogen and oxygen atoms in total. The summed E-state index contributed by atoms with van der Waals surface area (Å²) in [6.07, 6.45) is 0. The van der Waals surface area contributed by atoms with E-state index in [9.17, 15) is 0 Å². The first kappa shape index (κ1) is 12.3. The summed E-state index contributed by atoms with van der Waals surface area (Å²) in [5.41, 5.74) is 0.859. The van der Waals surface area contributed by atoms with Crippen molar-refractivity contribution in [2.75, 3.05) is 14.1 Å². The monoisotopic (exact) mass is 274 g/mol. The Hall–Kier alpha value is -1.77. The predicted molar refractivity (Wildman–Crippen MR) is 76.8 cm³/mol. The fourth-order valence-corrected chi connectivity index (χ4v) is 3.67. The second kappa shape index (κ2) is 4.72. The quantitative estimate of drug-likeness (QED) is 0.766. The van der Waals surface area contributed by atoms with E-state index in [-0.39, 0.29) is 0 Å². The highest BCUT2D eigenvalue weighted by atomic mass is 31.2. The molecule has 0 N–H and O–H groups in total. The van der Waals surface area contributed by atoms with Gasteiger partial charge in [-0.1, -0.05) is 30.3 Å².